The Morgan fingerprint density at radius 3 is 2.07 bits per heavy atom. The van der Waals surface area contributed by atoms with E-state index in [1.54, 1.807) is 0 Å². The van der Waals surface area contributed by atoms with Gasteiger partial charge in [0.1, 0.15) is 0 Å². The Kier molecular flexibility index (Phi) is 5.23. The van der Waals surface area contributed by atoms with Crippen LogP contribution in [0.5, 0.6) is 0 Å². The van der Waals surface area contributed by atoms with Gasteiger partial charge in [0.25, 0.3) is 0 Å². The van der Waals surface area contributed by atoms with Gasteiger partial charge in [0.2, 0.25) is 0 Å². The highest BCUT2D eigenvalue weighted by Crippen LogP contribution is 2.23. The zero-order chi connectivity index (χ0) is 11.2. The van der Waals surface area contributed by atoms with Crippen molar-refractivity contribution in [1.29, 1.82) is 0 Å². The van der Waals surface area contributed by atoms with E-state index >= 15 is 0 Å². The first kappa shape index (κ1) is 13.5. The summed E-state index contributed by atoms with van der Waals surface area (Å²) in [5.74, 6) is 2.95. The van der Waals surface area contributed by atoms with E-state index in [1.165, 1.54) is 32.4 Å². The Bertz CT molecular complexity index is 200. The molecule has 0 N–H and O–H groups in total. The van der Waals surface area contributed by atoms with E-state index in [0.717, 1.165) is 4.48 Å². The van der Waals surface area contributed by atoms with Crippen LogP contribution < -0.4 is 0 Å². The van der Waals surface area contributed by atoms with Gasteiger partial charge >= 0.3 is 0 Å². The van der Waals surface area contributed by atoms with E-state index in [-0.39, 0.29) is 5.54 Å². The summed E-state index contributed by atoms with van der Waals surface area (Å²) < 4.78 is 1.01. The lowest BCUT2D eigenvalue weighted by atomic mass is 9.99. The first-order chi connectivity index (χ1) is 6.43. The molecule has 0 aromatic carbocycles. The average molecular weight is 196 g/mol. The summed E-state index contributed by atoms with van der Waals surface area (Å²) in [6.07, 6.45) is 9.34. The van der Waals surface area contributed by atoms with Crippen LogP contribution >= 0.6 is 0 Å². The Balaban J connectivity index is 4.63. The normalized spacial score (nSPS) is 16.0. The van der Waals surface area contributed by atoms with Gasteiger partial charge in [0, 0.05) is 13.8 Å². The maximum atomic E-state index is 5.63. The molecule has 0 spiro atoms. The van der Waals surface area contributed by atoms with Crippen molar-refractivity contribution < 1.29 is 4.48 Å². The molecule has 82 valence electrons. The number of hydrogen-bond acceptors (Lipinski definition) is 0. The van der Waals surface area contributed by atoms with Crippen LogP contribution in [-0.2, 0) is 0 Å². The number of unbranched alkanes of at least 4 members (excludes halogenated alkanes) is 1. The third-order valence-electron chi connectivity index (χ3n) is 3.43. The van der Waals surface area contributed by atoms with E-state index in [4.69, 9.17) is 6.42 Å². The van der Waals surface area contributed by atoms with Crippen LogP contribution in [0.3, 0.4) is 0 Å². The predicted octanol–water partition coefficient (Wildman–Crippen LogP) is 3.05. The highest BCUT2D eigenvalue weighted by molar-refractivity contribution is 5.03. The summed E-state index contributed by atoms with van der Waals surface area (Å²) in [6, 6.07) is 0. The topological polar surface area (TPSA) is 0 Å². The van der Waals surface area contributed by atoms with E-state index in [9.17, 15) is 0 Å². The van der Waals surface area contributed by atoms with Gasteiger partial charge in [-0.1, -0.05) is 20.3 Å². The van der Waals surface area contributed by atoms with Crippen molar-refractivity contribution in [1.82, 2.24) is 0 Å². The molecular weight excluding hydrogens is 170 g/mol. The highest BCUT2D eigenvalue weighted by Gasteiger charge is 2.37. The first-order valence-corrected chi connectivity index (χ1v) is 5.76. The van der Waals surface area contributed by atoms with Gasteiger partial charge in [-0.05, 0) is 18.8 Å². The molecule has 1 unspecified atom stereocenters. The van der Waals surface area contributed by atoms with Crippen molar-refractivity contribution in [3.05, 3.63) is 0 Å². The Hall–Kier alpha value is -0.480. The van der Waals surface area contributed by atoms with E-state index in [2.05, 4.69) is 40.7 Å². The van der Waals surface area contributed by atoms with Crippen molar-refractivity contribution in [2.75, 3.05) is 20.1 Å². The SMILES string of the molecule is C#CC(C)(C)[N+](C)(CCC)CCCC. The zero-order valence-electron chi connectivity index (χ0n) is 10.6. The molecule has 0 saturated carbocycles. The number of nitrogens with zero attached hydrogens (tertiary/aromatic N) is 1. The van der Waals surface area contributed by atoms with Gasteiger partial charge < -0.3 is 4.48 Å². The van der Waals surface area contributed by atoms with Gasteiger partial charge in [-0.3, -0.25) is 0 Å². The molecule has 0 aliphatic rings. The van der Waals surface area contributed by atoms with Gasteiger partial charge in [0.05, 0.1) is 20.1 Å². The predicted molar refractivity (Wildman–Crippen MR) is 64.0 cm³/mol. The molecule has 1 heteroatoms. The number of terminal acetylenes is 1. The van der Waals surface area contributed by atoms with Gasteiger partial charge in [-0.2, -0.15) is 0 Å². The van der Waals surface area contributed by atoms with Crippen molar-refractivity contribution in [3.8, 4) is 12.3 Å². The molecule has 0 amide bonds. The fraction of sp³-hybridized carbons (Fsp3) is 0.846. The summed E-state index contributed by atoms with van der Waals surface area (Å²) in [5.41, 5.74) is -0.0365. The fourth-order valence-corrected chi connectivity index (χ4v) is 1.83. The van der Waals surface area contributed by atoms with Crippen LogP contribution in [0.25, 0.3) is 0 Å². The lowest BCUT2D eigenvalue weighted by molar-refractivity contribution is -0.946. The standard InChI is InChI=1S/C13H26N/c1-7-10-12-14(6,11-8-2)13(4,5)9-3/h3H,7-8,10-12H2,1-2,4-6H3/q+1. The number of hydrogen-bond donors (Lipinski definition) is 0. The molecular formula is C13H26N+. The quantitative estimate of drug-likeness (QED) is 0.452. The zero-order valence-corrected chi connectivity index (χ0v) is 10.6. The highest BCUT2D eigenvalue weighted by atomic mass is 15.4. The Morgan fingerprint density at radius 2 is 1.71 bits per heavy atom. The van der Waals surface area contributed by atoms with Crippen molar-refractivity contribution in [3.63, 3.8) is 0 Å². The Labute approximate surface area is 90.1 Å². The second kappa shape index (κ2) is 5.41. The molecule has 0 radical (unpaired) electrons. The maximum Gasteiger partial charge on any atom is 0.154 e. The van der Waals surface area contributed by atoms with E-state index < -0.39 is 0 Å². The molecule has 0 aromatic heterocycles. The second-order valence-corrected chi connectivity index (χ2v) is 4.90. The first-order valence-electron chi connectivity index (χ1n) is 5.76. The van der Waals surface area contributed by atoms with E-state index in [1.807, 2.05) is 0 Å². The lowest BCUT2D eigenvalue weighted by Crippen LogP contribution is -2.59. The van der Waals surface area contributed by atoms with Crippen molar-refractivity contribution >= 4 is 0 Å². The number of quaternary nitrogens is 1. The fourth-order valence-electron chi connectivity index (χ4n) is 1.83. The molecule has 0 aliphatic heterocycles. The van der Waals surface area contributed by atoms with Gasteiger partial charge in [-0.25, -0.2) is 0 Å². The smallest absolute Gasteiger partial charge is 0.154 e. The molecule has 14 heavy (non-hydrogen) atoms. The number of rotatable bonds is 6. The summed E-state index contributed by atoms with van der Waals surface area (Å²) in [7, 11) is 2.29. The summed E-state index contributed by atoms with van der Waals surface area (Å²) in [5, 5.41) is 0. The molecule has 0 bridgehead atoms. The summed E-state index contributed by atoms with van der Waals surface area (Å²) >= 11 is 0. The van der Waals surface area contributed by atoms with E-state index in [0.29, 0.717) is 0 Å². The van der Waals surface area contributed by atoms with Gasteiger partial charge in [-0.15, -0.1) is 6.42 Å². The monoisotopic (exact) mass is 196 g/mol. The molecule has 0 aromatic rings. The third-order valence-corrected chi connectivity index (χ3v) is 3.43. The molecule has 0 rings (SSSR count). The van der Waals surface area contributed by atoms with Crippen LogP contribution in [0.15, 0.2) is 0 Å². The summed E-state index contributed by atoms with van der Waals surface area (Å²) in [4.78, 5) is 0. The third kappa shape index (κ3) is 3.03. The second-order valence-electron chi connectivity index (χ2n) is 4.90. The molecule has 0 saturated heterocycles. The van der Waals surface area contributed by atoms with Gasteiger partial charge in [0.15, 0.2) is 5.54 Å². The minimum atomic E-state index is -0.0365. The molecule has 1 nitrogen and oxygen atoms in total. The molecule has 0 fully saturated rings. The van der Waals surface area contributed by atoms with Crippen LogP contribution in [0, 0.1) is 12.3 Å². The molecule has 1 atom stereocenters. The lowest BCUT2D eigenvalue weighted by Gasteiger charge is -2.44. The summed E-state index contributed by atoms with van der Waals surface area (Å²) in [6.45, 7) is 11.2. The largest absolute Gasteiger partial charge is 0.312 e. The minimum Gasteiger partial charge on any atom is -0.312 e. The minimum absolute atomic E-state index is 0.0365. The van der Waals surface area contributed by atoms with Crippen LogP contribution in [0.4, 0.5) is 0 Å². The Morgan fingerprint density at radius 1 is 1.14 bits per heavy atom. The van der Waals surface area contributed by atoms with Crippen LogP contribution in [0.1, 0.15) is 47.0 Å². The molecule has 0 heterocycles. The molecule has 0 aliphatic carbocycles. The van der Waals surface area contributed by atoms with Crippen molar-refractivity contribution in [2.24, 2.45) is 0 Å². The average Bonchev–Trinajstić information content (AvgIpc) is 2.15. The van der Waals surface area contributed by atoms with Crippen LogP contribution in [0.2, 0.25) is 0 Å². The van der Waals surface area contributed by atoms with Crippen LogP contribution in [-0.4, -0.2) is 30.2 Å². The van der Waals surface area contributed by atoms with Crippen molar-refractivity contribution in [2.45, 2.75) is 52.5 Å². The maximum absolute atomic E-state index is 5.63.